The van der Waals surface area contributed by atoms with E-state index in [1.165, 1.54) is 51.6 Å². The molecule has 1 heterocycles. The first-order valence-corrected chi connectivity index (χ1v) is 7.72. The summed E-state index contributed by atoms with van der Waals surface area (Å²) < 4.78 is 0. The van der Waals surface area contributed by atoms with Gasteiger partial charge in [-0.25, -0.2) is 0 Å². The highest BCUT2D eigenvalue weighted by Gasteiger charge is 2.36. The molecule has 17 heavy (non-hydrogen) atoms. The van der Waals surface area contributed by atoms with E-state index in [4.69, 9.17) is 0 Å². The van der Waals surface area contributed by atoms with Gasteiger partial charge in [-0.1, -0.05) is 20.3 Å². The maximum Gasteiger partial charge on any atom is 0.0210 e. The minimum Gasteiger partial charge on any atom is -0.310 e. The molecule has 0 radical (unpaired) electrons. The van der Waals surface area contributed by atoms with Crippen molar-refractivity contribution in [1.82, 2.24) is 10.2 Å². The summed E-state index contributed by atoms with van der Waals surface area (Å²) in [5.74, 6) is 1.82. The third kappa shape index (κ3) is 2.85. The van der Waals surface area contributed by atoms with Crippen molar-refractivity contribution in [2.24, 2.45) is 11.8 Å². The van der Waals surface area contributed by atoms with Crippen molar-refractivity contribution in [1.29, 1.82) is 0 Å². The lowest BCUT2D eigenvalue weighted by Crippen LogP contribution is -2.46. The second-order valence-corrected chi connectivity index (χ2v) is 6.88. The molecule has 2 heteroatoms. The second kappa shape index (κ2) is 4.89. The number of rotatable bonds is 3. The highest BCUT2D eigenvalue weighted by atomic mass is 15.2. The van der Waals surface area contributed by atoms with Crippen molar-refractivity contribution in [2.45, 2.75) is 70.5 Å². The first kappa shape index (κ1) is 12.0. The van der Waals surface area contributed by atoms with Crippen LogP contribution in [0, 0.1) is 11.8 Å². The van der Waals surface area contributed by atoms with Gasteiger partial charge in [0.25, 0.3) is 0 Å². The van der Waals surface area contributed by atoms with Crippen molar-refractivity contribution in [3.05, 3.63) is 0 Å². The molecule has 0 aromatic carbocycles. The number of hydrogen-bond acceptors (Lipinski definition) is 2. The third-order valence-electron chi connectivity index (χ3n) is 5.19. The van der Waals surface area contributed by atoms with E-state index in [0.717, 1.165) is 30.0 Å². The van der Waals surface area contributed by atoms with Gasteiger partial charge in [0.2, 0.25) is 0 Å². The van der Waals surface area contributed by atoms with Crippen LogP contribution < -0.4 is 5.32 Å². The van der Waals surface area contributed by atoms with Crippen LogP contribution in [-0.4, -0.2) is 36.1 Å². The first-order valence-electron chi connectivity index (χ1n) is 7.72. The molecule has 1 N–H and O–H groups in total. The quantitative estimate of drug-likeness (QED) is 0.810. The largest absolute Gasteiger partial charge is 0.310 e. The topological polar surface area (TPSA) is 15.3 Å². The molecule has 1 aliphatic heterocycles. The standard InChI is InChI=1S/C15H28N2/c1-11-3-4-12(2)15(9-11)16-13-7-8-17(10-13)14-5-6-14/h11-16H,3-10H2,1-2H3. The molecule has 3 fully saturated rings. The SMILES string of the molecule is CC1CCC(C)C(NC2CCN(C3CC3)C2)C1. The molecule has 0 aromatic heterocycles. The van der Waals surface area contributed by atoms with Crippen LogP contribution in [0.2, 0.25) is 0 Å². The molecule has 0 aromatic rings. The van der Waals surface area contributed by atoms with Crippen LogP contribution >= 0.6 is 0 Å². The summed E-state index contributed by atoms with van der Waals surface area (Å²) in [7, 11) is 0. The van der Waals surface area contributed by atoms with E-state index in [1.54, 1.807) is 0 Å². The smallest absolute Gasteiger partial charge is 0.0210 e. The van der Waals surface area contributed by atoms with Gasteiger partial charge in [0.15, 0.2) is 0 Å². The Balaban J connectivity index is 1.49. The van der Waals surface area contributed by atoms with Crippen LogP contribution in [0.4, 0.5) is 0 Å². The summed E-state index contributed by atoms with van der Waals surface area (Å²) in [5, 5.41) is 3.97. The fourth-order valence-corrected chi connectivity index (χ4v) is 3.76. The van der Waals surface area contributed by atoms with Crippen LogP contribution in [0.3, 0.4) is 0 Å². The van der Waals surface area contributed by atoms with E-state index >= 15 is 0 Å². The Bertz CT molecular complexity index is 262. The van der Waals surface area contributed by atoms with Gasteiger partial charge in [-0.2, -0.15) is 0 Å². The molecule has 4 atom stereocenters. The molecular formula is C15H28N2. The van der Waals surface area contributed by atoms with Gasteiger partial charge in [-0.15, -0.1) is 0 Å². The highest BCUT2D eigenvalue weighted by Crippen LogP contribution is 2.32. The van der Waals surface area contributed by atoms with E-state index in [1.807, 2.05) is 0 Å². The van der Waals surface area contributed by atoms with Crippen LogP contribution in [0.25, 0.3) is 0 Å². The summed E-state index contributed by atoms with van der Waals surface area (Å²) in [6.07, 6.45) is 8.58. The summed E-state index contributed by atoms with van der Waals surface area (Å²) in [4.78, 5) is 2.72. The van der Waals surface area contributed by atoms with Gasteiger partial charge in [0.1, 0.15) is 0 Å². The molecule has 0 spiro atoms. The zero-order valence-electron chi connectivity index (χ0n) is 11.5. The minimum atomic E-state index is 0.786. The Morgan fingerprint density at radius 1 is 1.00 bits per heavy atom. The predicted molar refractivity (Wildman–Crippen MR) is 72.1 cm³/mol. The number of hydrogen-bond donors (Lipinski definition) is 1. The second-order valence-electron chi connectivity index (χ2n) is 6.88. The maximum atomic E-state index is 3.97. The predicted octanol–water partition coefficient (Wildman–Crippen LogP) is 2.64. The normalized spacial score (nSPS) is 44.1. The monoisotopic (exact) mass is 236 g/mol. The van der Waals surface area contributed by atoms with E-state index < -0.39 is 0 Å². The lowest BCUT2D eigenvalue weighted by atomic mass is 9.80. The Labute approximate surface area is 106 Å². The molecule has 98 valence electrons. The van der Waals surface area contributed by atoms with Crippen LogP contribution in [-0.2, 0) is 0 Å². The molecule has 2 nitrogen and oxygen atoms in total. The zero-order chi connectivity index (χ0) is 11.8. The van der Waals surface area contributed by atoms with Crippen molar-refractivity contribution in [3.8, 4) is 0 Å². The average Bonchev–Trinajstić information content (AvgIpc) is 3.05. The van der Waals surface area contributed by atoms with Crippen molar-refractivity contribution >= 4 is 0 Å². The van der Waals surface area contributed by atoms with Crippen LogP contribution in [0.15, 0.2) is 0 Å². The van der Waals surface area contributed by atoms with Crippen molar-refractivity contribution < 1.29 is 0 Å². The van der Waals surface area contributed by atoms with E-state index in [9.17, 15) is 0 Å². The van der Waals surface area contributed by atoms with E-state index in [0.29, 0.717) is 0 Å². The summed E-state index contributed by atoms with van der Waals surface area (Å²) in [6, 6.07) is 2.54. The van der Waals surface area contributed by atoms with E-state index in [-0.39, 0.29) is 0 Å². The fourth-order valence-electron chi connectivity index (χ4n) is 3.76. The summed E-state index contributed by atoms with van der Waals surface area (Å²) in [5.41, 5.74) is 0. The van der Waals surface area contributed by atoms with Crippen molar-refractivity contribution in [3.63, 3.8) is 0 Å². The van der Waals surface area contributed by atoms with E-state index in [2.05, 4.69) is 24.1 Å². The Morgan fingerprint density at radius 2 is 1.82 bits per heavy atom. The third-order valence-corrected chi connectivity index (χ3v) is 5.19. The van der Waals surface area contributed by atoms with Crippen LogP contribution in [0.1, 0.15) is 52.4 Å². The number of nitrogens with one attached hydrogen (secondary N) is 1. The molecular weight excluding hydrogens is 208 g/mol. The molecule has 3 aliphatic rings. The summed E-state index contributed by atoms with van der Waals surface area (Å²) in [6.45, 7) is 7.53. The van der Waals surface area contributed by atoms with Crippen molar-refractivity contribution in [2.75, 3.05) is 13.1 Å². The Hall–Kier alpha value is -0.0800. The molecule has 2 saturated carbocycles. The lowest BCUT2D eigenvalue weighted by Gasteiger charge is -2.35. The number of likely N-dealkylation sites (tertiary alicyclic amines) is 1. The average molecular weight is 236 g/mol. The summed E-state index contributed by atoms with van der Waals surface area (Å²) >= 11 is 0. The molecule has 3 rings (SSSR count). The maximum absolute atomic E-state index is 3.97. The molecule has 4 unspecified atom stereocenters. The van der Waals surface area contributed by atoms with Gasteiger partial charge >= 0.3 is 0 Å². The molecule has 0 bridgehead atoms. The zero-order valence-corrected chi connectivity index (χ0v) is 11.5. The molecule has 1 saturated heterocycles. The van der Waals surface area contributed by atoms with Gasteiger partial charge < -0.3 is 5.32 Å². The number of nitrogens with zero attached hydrogens (tertiary/aromatic N) is 1. The molecule has 0 amide bonds. The molecule has 2 aliphatic carbocycles. The highest BCUT2D eigenvalue weighted by molar-refractivity contribution is 4.94. The van der Waals surface area contributed by atoms with Crippen LogP contribution in [0.5, 0.6) is 0 Å². The van der Waals surface area contributed by atoms with Gasteiger partial charge in [-0.3, -0.25) is 4.90 Å². The lowest BCUT2D eigenvalue weighted by molar-refractivity contribution is 0.210. The van der Waals surface area contributed by atoms with Gasteiger partial charge in [0, 0.05) is 31.2 Å². The minimum absolute atomic E-state index is 0.786. The van der Waals surface area contributed by atoms with Gasteiger partial charge in [-0.05, 0) is 43.9 Å². The first-order chi connectivity index (χ1) is 8.22. The Morgan fingerprint density at radius 3 is 2.59 bits per heavy atom. The fraction of sp³-hybridized carbons (Fsp3) is 1.00. The van der Waals surface area contributed by atoms with Gasteiger partial charge in [0.05, 0.1) is 0 Å². The Kier molecular flexibility index (Phi) is 3.45.